The van der Waals surface area contributed by atoms with E-state index >= 15 is 0 Å². The highest BCUT2D eigenvalue weighted by Crippen LogP contribution is 2.23. The number of nitrogens with zero attached hydrogens (tertiary/aromatic N) is 4. The molecule has 7 heteroatoms. The van der Waals surface area contributed by atoms with E-state index in [-0.39, 0.29) is 10.8 Å². The lowest BCUT2D eigenvalue weighted by Crippen LogP contribution is -2.12. The zero-order valence-corrected chi connectivity index (χ0v) is 14.3. The standard InChI is InChI=1S/C19H14ClN5O/c1-25-11-21-10-17(25)14-6-13-7-18(23-9-16(13)22-8-14)24-19(26)12-2-4-15(20)5-3-12/h2-11H,1H3,(H,23,24,26)/i2D,3D,4D,5D. The fourth-order valence-electron chi connectivity index (χ4n) is 2.46. The summed E-state index contributed by atoms with van der Waals surface area (Å²) in [7, 11) is 1.87. The smallest absolute Gasteiger partial charge is 0.256 e. The maximum atomic E-state index is 12.7. The SMILES string of the molecule is [2H]c1c([2H])c(C(=O)Nc2cc3cc(-c4cncn4C)cnc3cn2)c([2H])c([2H])c1Cl. The van der Waals surface area contributed by atoms with Gasteiger partial charge in [0.05, 0.1) is 35.4 Å². The van der Waals surface area contributed by atoms with Crippen molar-refractivity contribution < 1.29 is 10.3 Å². The van der Waals surface area contributed by atoms with Crippen LogP contribution in [0.3, 0.4) is 0 Å². The van der Waals surface area contributed by atoms with Crippen molar-refractivity contribution in [1.82, 2.24) is 19.5 Å². The minimum atomic E-state index is -0.814. The molecule has 0 radical (unpaired) electrons. The summed E-state index contributed by atoms with van der Waals surface area (Å²) in [5.41, 5.74) is 1.92. The van der Waals surface area contributed by atoms with Crippen LogP contribution in [-0.2, 0) is 7.05 Å². The molecule has 6 nitrogen and oxygen atoms in total. The van der Waals surface area contributed by atoms with E-state index in [0.717, 1.165) is 16.6 Å². The van der Waals surface area contributed by atoms with Crippen LogP contribution < -0.4 is 5.32 Å². The Balaban J connectivity index is 1.71. The van der Waals surface area contributed by atoms with Crippen molar-refractivity contribution in [2.24, 2.45) is 7.05 Å². The molecule has 0 fully saturated rings. The van der Waals surface area contributed by atoms with Gasteiger partial charge < -0.3 is 9.88 Å². The minimum absolute atomic E-state index is 0.184. The Kier molecular flexibility index (Phi) is 3.07. The van der Waals surface area contributed by atoms with Gasteiger partial charge in [-0.15, -0.1) is 0 Å². The van der Waals surface area contributed by atoms with Gasteiger partial charge in [-0.3, -0.25) is 9.78 Å². The quantitative estimate of drug-likeness (QED) is 0.595. The molecule has 0 unspecified atom stereocenters. The number of benzene rings is 1. The molecule has 26 heavy (non-hydrogen) atoms. The fraction of sp³-hybridized carbons (Fsp3) is 0.0526. The van der Waals surface area contributed by atoms with Crippen LogP contribution in [0.4, 0.5) is 5.82 Å². The summed E-state index contributed by atoms with van der Waals surface area (Å²) in [6.45, 7) is 0. The van der Waals surface area contributed by atoms with E-state index in [4.69, 9.17) is 17.1 Å². The van der Waals surface area contributed by atoms with Crippen LogP contribution in [0.2, 0.25) is 5.02 Å². The average molecular weight is 368 g/mol. The van der Waals surface area contributed by atoms with Gasteiger partial charge >= 0.3 is 0 Å². The molecule has 1 N–H and O–H groups in total. The monoisotopic (exact) mass is 367 g/mol. The molecular weight excluding hydrogens is 350 g/mol. The highest BCUT2D eigenvalue weighted by molar-refractivity contribution is 6.30. The molecule has 0 aliphatic heterocycles. The number of aromatic nitrogens is 4. The first-order chi connectivity index (χ1) is 14.3. The highest BCUT2D eigenvalue weighted by atomic mass is 35.5. The summed E-state index contributed by atoms with van der Waals surface area (Å²) in [6, 6.07) is 1.53. The first-order valence-electron chi connectivity index (χ1n) is 9.57. The number of rotatable bonds is 3. The molecule has 0 saturated heterocycles. The third-order valence-corrected chi connectivity index (χ3v) is 3.93. The number of pyridine rings is 2. The Labute approximate surface area is 160 Å². The molecule has 0 spiro atoms. The normalized spacial score (nSPS) is 13.0. The number of hydrogen-bond donors (Lipinski definition) is 1. The predicted octanol–water partition coefficient (Wildman–Crippen LogP) is 3.94. The van der Waals surface area contributed by atoms with Gasteiger partial charge in [0.2, 0.25) is 0 Å². The number of aryl methyl sites for hydroxylation is 1. The Hall–Kier alpha value is -3.25. The van der Waals surface area contributed by atoms with Crippen LogP contribution >= 0.6 is 11.6 Å². The van der Waals surface area contributed by atoms with Gasteiger partial charge in [-0.1, -0.05) is 11.6 Å². The summed E-state index contributed by atoms with van der Waals surface area (Å²) >= 11 is 5.79. The number of carbonyl (C=O) groups is 1. The average Bonchev–Trinajstić information content (AvgIpc) is 3.16. The zero-order valence-electron chi connectivity index (χ0n) is 17.5. The van der Waals surface area contributed by atoms with Crippen molar-refractivity contribution in [3.63, 3.8) is 0 Å². The fourth-order valence-corrected chi connectivity index (χ4v) is 2.56. The van der Waals surface area contributed by atoms with Crippen LogP contribution in [0, 0.1) is 0 Å². The first-order valence-corrected chi connectivity index (χ1v) is 7.95. The van der Waals surface area contributed by atoms with E-state index in [1.807, 2.05) is 17.7 Å². The van der Waals surface area contributed by atoms with Gasteiger partial charge in [0.25, 0.3) is 5.91 Å². The van der Waals surface area contributed by atoms with Gasteiger partial charge in [-0.05, 0) is 36.3 Å². The molecule has 3 heterocycles. The van der Waals surface area contributed by atoms with Crippen LogP contribution in [0.15, 0.2) is 61.2 Å². The first kappa shape index (κ1) is 12.2. The van der Waals surface area contributed by atoms with Gasteiger partial charge in [0, 0.05) is 34.8 Å². The number of carbonyl (C=O) groups excluding carboxylic acids is 1. The molecule has 4 aromatic rings. The van der Waals surface area contributed by atoms with Crippen molar-refractivity contribution in [1.29, 1.82) is 0 Å². The van der Waals surface area contributed by atoms with Gasteiger partial charge in [0.15, 0.2) is 0 Å². The molecule has 3 aromatic heterocycles. The maximum Gasteiger partial charge on any atom is 0.256 e. The second kappa shape index (κ2) is 6.57. The van der Waals surface area contributed by atoms with Gasteiger partial charge in [0.1, 0.15) is 5.82 Å². The summed E-state index contributed by atoms with van der Waals surface area (Å²) in [4.78, 5) is 25.3. The van der Waals surface area contributed by atoms with Crippen LogP contribution in [0.25, 0.3) is 22.2 Å². The van der Waals surface area contributed by atoms with Crippen molar-refractivity contribution in [3.05, 3.63) is 71.8 Å². The Morgan fingerprint density at radius 1 is 1.15 bits per heavy atom. The summed E-state index contributed by atoms with van der Waals surface area (Å²) < 4.78 is 33.3. The van der Waals surface area contributed by atoms with Crippen molar-refractivity contribution in [2.45, 2.75) is 0 Å². The molecule has 1 aromatic carbocycles. The van der Waals surface area contributed by atoms with E-state index in [2.05, 4.69) is 20.3 Å². The number of nitrogens with one attached hydrogen (secondary N) is 1. The second-order valence-electron chi connectivity index (χ2n) is 5.52. The lowest BCUT2D eigenvalue weighted by atomic mass is 10.1. The zero-order chi connectivity index (χ0) is 21.6. The Morgan fingerprint density at radius 2 is 1.96 bits per heavy atom. The van der Waals surface area contributed by atoms with Crippen molar-refractivity contribution in [2.75, 3.05) is 5.32 Å². The predicted molar refractivity (Wildman–Crippen MR) is 101 cm³/mol. The van der Waals surface area contributed by atoms with E-state index in [1.165, 1.54) is 6.20 Å². The molecule has 4 rings (SSSR count). The number of fused-ring (bicyclic) bond motifs is 1. The van der Waals surface area contributed by atoms with E-state index in [1.54, 1.807) is 24.8 Å². The number of hydrogen-bond acceptors (Lipinski definition) is 4. The molecule has 0 aliphatic rings. The van der Waals surface area contributed by atoms with Crippen molar-refractivity contribution in [3.8, 4) is 11.3 Å². The van der Waals surface area contributed by atoms with E-state index < -0.39 is 35.6 Å². The second-order valence-corrected chi connectivity index (χ2v) is 5.90. The van der Waals surface area contributed by atoms with E-state index in [0.29, 0.717) is 5.52 Å². The highest BCUT2D eigenvalue weighted by Gasteiger charge is 2.09. The number of halogens is 1. The molecule has 0 saturated carbocycles. The third-order valence-electron chi connectivity index (χ3n) is 3.74. The summed E-state index contributed by atoms with van der Waals surface area (Å²) in [5.74, 6) is -0.630. The van der Waals surface area contributed by atoms with E-state index in [9.17, 15) is 4.79 Å². The number of imidazole rings is 1. The van der Waals surface area contributed by atoms with Crippen LogP contribution in [-0.4, -0.2) is 25.4 Å². The maximum absolute atomic E-state index is 12.7. The molecule has 128 valence electrons. The summed E-state index contributed by atoms with van der Waals surface area (Å²) in [5, 5.41) is 2.91. The number of anilines is 1. The molecule has 0 bridgehead atoms. The molecule has 0 aliphatic carbocycles. The topological polar surface area (TPSA) is 72.7 Å². The summed E-state index contributed by atoms with van der Waals surface area (Å²) in [6.07, 6.45) is 6.60. The van der Waals surface area contributed by atoms with Crippen LogP contribution in [0.1, 0.15) is 15.8 Å². The molecular formula is C19H14ClN5O. The third kappa shape index (κ3) is 3.14. The lowest BCUT2D eigenvalue weighted by Gasteiger charge is -2.07. The van der Waals surface area contributed by atoms with Gasteiger partial charge in [-0.2, -0.15) is 0 Å². The number of amides is 1. The molecule has 1 amide bonds. The van der Waals surface area contributed by atoms with Crippen molar-refractivity contribution >= 4 is 34.2 Å². The lowest BCUT2D eigenvalue weighted by molar-refractivity contribution is 0.102. The molecule has 0 atom stereocenters. The van der Waals surface area contributed by atoms with Crippen LogP contribution in [0.5, 0.6) is 0 Å². The Bertz CT molecular complexity index is 1300. The minimum Gasteiger partial charge on any atom is -0.334 e. The van der Waals surface area contributed by atoms with Gasteiger partial charge in [-0.25, -0.2) is 9.97 Å². The Morgan fingerprint density at radius 3 is 2.69 bits per heavy atom. The largest absolute Gasteiger partial charge is 0.334 e.